The molecule has 4 aromatic rings. The zero-order chi connectivity index (χ0) is 28.7. The van der Waals surface area contributed by atoms with Crippen LogP contribution >= 0.6 is 0 Å². The Labute approximate surface area is 246 Å². The van der Waals surface area contributed by atoms with E-state index in [1.54, 1.807) is 7.11 Å². The van der Waals surface area contributed by atoms with Crippen molar-refractivity contribution in [3.05, 3.63) is 84.7 Å². The lowest BCUT2D eigenvalue weighted by atomic mass is 9.97. The fourth-order valence-electron chi connectivity index (χ4n) is 5.69. The highest BCUT2D eigenvalue weighted by atomic mass is 16.5. The minimum atomic E-state index is -0.172. The summed E-state index contributed by atoms with van der Waals surface area (Å²) in [4.78, 5) is 29.0. The Kier molecular flexibility index (Phi) is 8.51. The minimum absolute atomic E-state index is 0.0318. The molecule has 0 bridgehead atoms. The van der Waals surface area contributed by atoms with E-state index in [0.29, 0.717) is 12.4 Å². The van der Waals surface area contributed by atoms with E-state index in [4.69, 9.17) is 4.74 Å². The molecule has 0 saturated carbocycles. The van der Waals surface area contributed by atoms with E-state index in [1.165, 1.54) is 11.9 Å². The van der Waals surface area contributed by atoms with E-state index < -0.39 is 0 Å². The molecule has 2 aromatic carbocycles. The van der Waals surface area contributed by atoms with Crippen molar-refractivity contribution in [2.45, 2.75) is 19.4 Å². The molecular weight excluding hydrogens is 528 g/mol. The molecule has 1 amide bonds. The molecule has 10 nitrogen and oxygen atoms in total. The monoisotopic (exact) mass is 564 g/mol. The van der Waals surface area contributed by atoms with Crippen LogP contribution in [-0.4, -0.2) is 77.4 Å². The quantitative estimate of drug-likeness (QED) is 0.339. The molecule has 2 fully saturated rings. The SMILES string of the molecule is COc1ccccc1-c1ccc(N2CCCC(C(=O)Nc3cc(N4CCN(Cc5ccccc5)CC4)ncn3)C2)nn1. The Balaban J connectivity index is 1.04. The molecule has 4 heterocycles. The van der Waals surface area contributed by atoms with Crippen molar-refractivity contribution >= 4 is 23.4 Å². The van der Waals surface area contributed by atoms with Crippen molar-refractivity contribution < 1.29 is 9.53 Å². The van der Waals surface area contributed by atoms with Crippen molar-refractivity contribution in [2.75, 3.05) is 61.5 Å². The third-order valence-electron chi connectivity index (χ3n) is 8.00. The van der Waals surface area contributed by atoms with Gasteiger partial charge in [-0.15, -0.1) is 10.2 Å². The first-order valence-corrected chi connectivity index (χ1v) is 14.5. The van der Waals surface area contributed by atoms with E-state index in [-0.39, 0.29) is 11.8 Å². The van der Waals surface area contributed by atoms with Gasteiger partial charge in [0.1, 0.15) is 23.7 Å². The van der Waals surface area contributed by atoms with Crippen molar-refractivity contribution in [1.29, 1.82) is 0 Å². The third-order valence-corrected chi connectivity index (χ3v) is 8.00. The number of carbonyl (C=O) groups excluding carboxylic acids is 1. The molecule has 1 unspecified atom stereocenters. The molecule has 0 spiro atoms. The maximum Gasteiger partial charge on any atom is 0.230 e. The van der Waals surface area contributed by atoms with E-state index in [9.17, 15) is 4.79 Å². The molecule has 2 saturated heterocycles. The van der Waals surface area contributed by atoms with Crippen LogP contribution < -0.4 is 19.9 Å². The molecule has 0 radical (unpaired) electrons. The smallest absolute Gasteiger partial charge is 0.230 e. The van der Waals surface area contributed by atoms with Gasteiger partial charge in [-0.2, -0.15) is 0 Å². The van der Waals surface area contributed by atoms with Crippen molar-refractivity contribution in [3.63, 3.8) is 0 Å². The van der Waals surface area contributed by atoms with Crippen molar-refractivity contribution in [2.24, 2.45) is 5.92 Å². The van der Waals surface area contributed by atoms with Gasteiger partial charge in [-0.25, -0.2) is 9.97 Å². The molecule has 216 valence electrons. The van der Waals surface area contributed by atoms with Gasteiger partial charge >= 0.3 is 0 Å². The van der Waals surface area contributed by atoms with E-state index >= 15 is 0 Å². The van der Waals surface area contributed by atoms with Gasteiger partial charge in [-0.05, 0) is 42.7 Å². The molecule has 0 aliphatic carbocycles. The van der Waals surface area contributed by atoms with E-state index in [1.807, 2.05) is 42.5 Å². The Morgan fingerprint density at radius 3 is 2.48 bits per heavy atom. The van der Waals surface area contributed by atoms with Crippen LogP contribution in [0, 0.1) is 5.92 Å². The summed E-state index contributed by atoms with van der Waals surface area (Å²) >= 11 is 0. The van der Waals surface area contributed by atoms with Crippen LogP contribution in [-0.2, 0) is 11.3 Å². The van der Waals surface area contributed by atoms with Crippen LogP contribution in [0.5, 0.6) is 5.75 Å². The predicted molar refractivity (Wildman–Crippen MR) is 164 cm³/mol. The zero-order valence-corrected chi connectivity index (χ0v) is 23.9. The lowest BCUT2D eigenvalue weighted by Gasteiger charge is -2.35. The number of rotatable bonds is 8. The summed E-state index contributed by atoms with van der Waals surface area (Å²) in [6.45, 7) is 6.05. The second-order valence-electron chi connectivity index (χ2n) is 10.8. The number of nitrogens with zero attached hydrogens (tertiary/aromatic N) is 7. The second kappa shape index (κ2) is 12.9. The van der Waals surface area contributed by atoms with Gasteiger partial charge in [0.15, 0.2) is 5.82 Å². The number of methoxy groups -OCH3 is 1. The Morgan fingerprint density at radius 2 is 1.69 bits per heavy atom. The van der Waals surface area contributed by atoms with Crippen LogP contribution in [0.1, 0.15) is 18.4 Å². The molecular formula is C32H36N8O2. The molecule has 10 heteroatoms. The van der Waals surface area contributed by atoms with Crippen LogP contribution in [0.25, 0.3) is 11.3 Å². The summed E-state index contributed by atoms with van der Waals surface area (Å²) in [7, 11) is 1.65. The molecule has 42 heavy (non-hydrogen) atoms. The topological polar surface area (TPSA) is 99.6 Å². The fourth-order valence-corrected chi connectivity index (χ4v) is 5.69. The van der Waals surface area contributed by atoms with Gasteiger partial charge in [-0.3, -0.25) is 9.69 Å². The maximum absolute atomic E-state index is 13.3. The molecule has 1 atom stereocenters. The van der Waals surface area contributed by atoms with Crippen LogP contribution in [0.15, 0.2) is 79.1 Å². The van der Waals surface area contributed by atoms with E-state index in [0.717, 1.165) is 80.8 Å². The number of piperidine rings is 1. The summed E-state index contributed by atoms with van der Waals surface area (Å²) < 4.78 is 5.47. The maximum atomic E-state index is 13.3. The van der Waals surface area contributed by atoms with Crippen molar-refractivity contribution in [1.82, 2.24) is 25.1 Å². The summed E-state index contributed by atoms with van der Waals surface area (Å²) in [6.07, 6.45) is 3.25. The first-order chi connectivity index (χ1) is 20.7. The van der Waals surface area contributed by atoms with Gasteiger partial charge in [0.25, 0.3) is 0 Å². The average Bonchev–Trinajstić information content (AvgIpc) is 3.06. The highest BCUT2D eigenvalue weighted by Gasteiger charge is 2.27. The number of amides is 1. The van der Waals surface area contributed by atoms with E-state index in [2.05, 4.69) is 70.5 Å². The number of benzene rings is 2. The highest BCUT2D eigenvalue weighted by molar-refractivity contribution is 5.92. The average molecular weight is 565 g/mol. The fraction of sp³-hybridized carbons (Fsp3) is 0.344. The Hall–Kier alpha value is -4.57. The number of piperazine rings is 1. The highest BCUT2D eigenvalue weighted by Crippen LogP contribution is 2.29. The second-order valence-corrected chi connectivity index (χ2v) is 10.8. The lowest BCUT2D eigenvalue weighted by molar-refractivity contribution is -0.120. The van der Waals surface area contributed by atoms with Gasteiger partial charge in [0.05, 0.1) is 18.7 Å². The number of para-hydroxylation sites is 1. The molecule has 2 aliphatic heterocycles. The number of hydrogen-bond donors (Lipinski definition) is 1. The number of hydrogen-bond acceptors (Lipinski definition) is 9. The first kappa shape index (κ1) is 27.6. The number of carbonyl (C=O) groups is 1. The number of aromatic nitrogens is 4. The third kappa shape index (κ3) is 6.49. The molecule has 1 N–H and O–H groups in total. The molecule has 2 aromatic heterocycles. The summed E-state index contributed by atoms with van der Waals surface area (Å²) in [5.41, 5.74) is 2.98. The number of anilines is 3. The van der Waals surface area contributed by atoms with Crippen molar-refractivity contribution in [3.8, 4) is 17.0 Å². The lowest BCUT2D eigenvalue weighted by Crippen LogP contribution is -2.46. The normalized spacial score (nSPS) is 17.6. The van der Waals surface area contributed by atoms with Gasteiger partial charge < -0.3 is 19.9 Å². The molecule has 6 rings (SSSR count). The largest absolute Gasteiger partial charge is 0.496 e. The summed E-state index contributed by atoms with van der Waals surface area (Å²) in [5, 5.41) is 12.0. The standard InChI is InChI=1S/C32H36N8O2/c1-42-28-12-6-5-11-26(28)27-13-14-30(37-36-27)40-15-7-10-25(22-40)32(41)35-29-20-31(34-23-33-29)39-18-16-38(17-19-39)21-24-8-3-2-4-9-24/h2-6,8-9,11-14,20,23,25H,7,10,15-19,21-22H2,1H3,(H,33,34,35,41). The number of nitrogens with one attached hydrogen (secondary N) is 1. The van der Waals surface area contributed by atoms with Crippen LogP contribution in [0.3, 0.4) is 0 Å². The van der Waals surface area contributed by atoms with Crippen LogP contribution in [0.2, 0.25) is 0 Å². The van der Waals surface area contributed by atoms with Crippen LogP contribution in [0.4, 0.5) is 17.5 Å². The predicted octanol–water partition coefficient (Wildman–Crippen LogP) is 4.12. The van der Waals surface area contributed by atoms with Gasteiger partial charge in [0, 0.05) is 57.4 Å². The Morgan fingerprint density at radius 1 is 0.881 bits per heavy atom. The number of ether oxygens (including phenoxy) is 1. The first-order valence-electron chi connectivity index (χ1n) is 14.5. The van der Waals surface area contributed by atoms with Gasteiger partial charge in [-0.1, -0.05) is 42.5 Å². The summed E-state index contributed by atoms with van der Waals surface area (Å²) in [6, 6.07) is 24.1. The minimum Gasteiger partial charge on any atom is -0.496 e. The molecule has 2 aliphatic rings. The Bertz CT molecular complexity index is 1480. The van der Waals surface area contributed by atoms with Gasteiger partial charge in [0.2, 0.25) is 5.91 Å². The summed E-state index contributed by atoms with van der Waals surface area (Å²) in [5.74, 6) is 2.70. The zero-order valence-electron chi connectivity index (χ0n) is 23.9.